The van der Waals surface area contributed by atoms with Gasteiger partial charge in [0, 0.05) is 42.3 Å². The van der Waals surface area contributed by atoms with Gasteiger partial charge in [0.05, 0.1) is 0 Å². The first kappa shape index (κ1) is 13.1. The molecule has 3 heteroatoms. The molecule has 98 valence electrons. The van der Waals surface area contributed by atoms with Gasteiger partial charge < -0.3 is 15.6 Å². The molecule has 3 N–H and O–H groups in total. The Hall–Kier alpha value is -1.32. The van der Waals surface area contributed by atoms with Crippen LogP contribution in [0.25, 0.3) is 10.9 Å². The summed E-state index contributed by atoms with van der Waals surface area (Å²) in [4.78, 5) is 0. The van der Waals surface area contributed by atoms with E-state index in [1.54, 1.807) is 0 Å². The van der Waals surface area contributed by atoms with Crippen LogP contribution in [0.15, 0.2) is 24.3 Å². The van der Waals surface area contributed by atoms with E-state index in [2.05, 4.69) is 54.9 Å². The number of hydrogen-bond acceptors (Lipinski definition) is 2. The van der Waals surface area contributed by atoms with Gasteiger partial charge in [0.2, 0.25) is 0 Å². The Bertz CT molecular complexity index is 526. The highest BCUT2D eigenvalue weighted by Gasteiger charge is 2.08. The molecule has 0 atom stereocenters. The molecule has 3 nitrogen and oxygen atoms in total. The standard InChI is InChI=1S/C15H23N3/c1-4-18-14(10-17-11(2)3)8-13-7-12(9-16)5-6-15(13)18/h5-8,11,17H,4,9-10,16H2,1-3H3. The highest BCUT2D eigenvalue weighted by atomic mass is 15.0. The molecule has 0 bridgehead atoms. The first-order chi connectivity index (χ1) is 8.65. The summed E-state index contributed by atoms with van der Waals surface area (Å²) in [6.45, 7) is 9.05. The van der Waals surface area contributed by atoms with Crippen molar-refractivity contribution in [3.8, 4) is 0 Å². The van der Waals surface area contributed by atoms with Gasteiger partial charge in [-0.2, -0.15) is 0 Å². The van der Waals surface area contributed by atoms with Crippen LogP contribution in [0.3, 0.4) is 0 Å². The lowest BCUT2D eigenvalue weighted by Crippen LogP contribution is -2.23. The summed E-state index contributed by atoms with van der Waals surface area (Å²) in [6.07, 6.45) is 0. The molecule has 1 aromatic carbocycles. The molecular weight excluding hydrogens is 222 g/mol. The van der Waals surface area contributed by atoms with Crippen molar-refractivity contribution in [1.29, 1.82) is 0 Å². The highest BCUT2D eigenvalue weighted by Crippen LogP contribution is 2.21. The zero-order valence-corrected chi connectivity index (χ0v) is 11.5. The summed E-state index contributed by atoms with van der Waals surface area (Å²) in [5.74, 6) is 0. The van der Waals surface area contributed by atoms with E-state index in [-0.39, 0.29) is 0 Å². The molecule has 0 aliphatic rings. The fourth-order valence-electron chi connectivity index (χ4n) is 2.33. The number of nitrogens with one attached hydrogen (secondary N) is 1. The summed E-state index contributed by atoms with van der Waals surface area (Å²) < 4.78 is 2.37. The van der Waals surface area contributed by atoms with Gasteiger partial charge in [-0.3, -0.25) is 0 Å². The summed E-state index contributed by atoms with van der Waals surface area (Å²) in [7, 11) is 0. The first-order valence-corrected chi connectivity index (χ1v) is 6.70. The molecule has 0 saturated carbocycles. The van der Waals surface area contributed by atoms with E-state index in [0.29, 0.717) is 12.6 Å². The van der Waals surface area contributed by atoms with Crippen LogP contribution in [0.4, 0.5) is 0 Å². The Morgan fingerprint density at radius 1 is 1.28 bits per heavy atom. The summed E-state index contributed by atoms with van der Waals surface area (Å²) in [5, 5.41) is 4.77. The molecule has 0 amide bonds. The number of hydrogen-bond donors (Lipinski definition) is 2. The van der Waals surface area contributed by atoms with E-state index < -0.39 is 0 Å². The van der Waals surface area contributed by atoms with Gasteiger partial charge in [-0.15, -0.1) is 0 Å². The van der Waals surface area contributed by atoms with Crippen molar-refractivity contribution < 1.29 is 0 Å². The Morgan fingerprint density at radius 3 is 2.67 bits per heavy atom. The minimum Gasteiger partial charge on any atom is -0.344 e. The van der Waals surface area contributed by atoms with Gasteiger partial charge in [-0.25, -0.2) is 0 Å². The van der Waals surface area contributed by atoms with Crippen molar-refractivity contribution >= 4 is 10.9 Å². The highest BCUT2D eigenvalue weighted by molar-refractivity contribution is 5.82. The molecule has 0 fully saturated rings. The molecule has 18 heavy (non-hydrogen) atoms. The Kier molecular flexibility index (Phi) is 4.04. The van der Waals surface area contributed by atoms with Gasteiger partial charge in [0.25, 0.3) is 0 Å². The van der Waals surface area contributed by atoms with Crippen molar-refractivity contribution in [2.24, 2.45) is 5.73 Å². The maximum absolute atomic E-state index is 5.70. The number of nitrogens with two attached hydrogens (primary N) is 1. The summed E-state index contributed by atoms with van der Waals surface area (Å²) in [5.41, 5.74) is 9.54. The average molecular weight is 245 g/mol. The SMILES string of the molecule is CCn1c(CNC(C)C)cc2cc(CN)ccc21. The quantitative estimate of drug-likeness (QED) is 0.850. The van der Waals surface area contributed by atoms with Crippen LogP contribution in [0.5, 0.6) is 0 Å². The molecule has 0 aliphatic heterocycles. The van der Waals surface area contributed by atoms with E-state index in [1.165, 1.54) is 22.2 Å². The van der Waals surface area contributed by atoms with Gasteiger partial charge in [-0.05, 0) is 30.7 Å². The number of nitrogens with zero attached hydrogens (tertiary/aromatic N) is 1. The molecule has 0 radical (unpaired) electrons. The molecule has 1 aromatic heterocycles. The molecule has 0 unspecified atom stereocenters. The van der Waals surface area contributed by atoms with Gasteiger partial charge in [0.15, 0.2) is 0 Å². The normalized spacial score (nSPS) is 11.6. The fourth-order valence-corrected chi connectivity index (χ4v) is 2.33. The Labute approximate surface area is 109 Å². The third kappa shape index (κ3) is 2.57. The van der Waals surface area contributed by atoms with E-state index in [9.17, 15) is 0 Å². The molecule has 0 spiro atoms. The summed E-state index contributed by atoms with van der Waals surface area (Å²) in [6, 6.07) is 9.27. The van der Waals surface area contributed by atoms with E-state index in [4.69, 9.17) is 5.73 Å². The molecule has 0 saturated heterocycles. The second-order valence-corrected chi connectivity index (χ2v) is 5.01. The smallest absolute Gasteiger partial charge is 0.0483 e. The minimum atomic E-state index is 0.507. The number of benzene rings is 1. The number of aryl methyl sites for hydroxylation is 1. The third-order valence-corrected chi connectivity index (χ3v) is 3.29. The zero-order chi connectivity index (χ0) is 13.1. The van der Waals surface area contributed by atoms with E-state index >= 15 is 0 Å². The van der Waals surface area contributed by atoms with Crippen molar-refractivity contribution in [3.63, 3.8) is 0 Å². The zero-order valence-electron chi connectivity index (χ0n) is 11.5. The topological polar surface area (TPSA) is 43.0 Å². The van der Waals surface area contributed by atoms with E-state index in [1.807, 2.05) is 0 Å². The predicted molar refractivity (Wildman–Crippen MR) is 77.5 cm³/mol. The molecule has 0 aliphatic carbocycles. The number of fused-ring (bicyclic) bond motifs is 1. The van der Waals surface area contributed by atoms with Crippen LogP contribution >= 0.6 is 0 Å². The van der Waals surface area contributed by atoms with Gasteiger partial charge >= 0.3 is 0 Å². The van der Waals surface area contributed by atoms with Crippen molar-refractivity contribution in [2.75, 3.05) is 0 Å². The van der Waals surface area contributed by atoms with Crippen LogP contribution in [0.2, 0.25) is 0 Å². The van der Waals surface area contributed by atoms with Gasteiger partial charge in [0.1, 0.15) is 0 Å². The number of rotatable bonds is 5. The Morgan fingerprint density at radius 2 is 2.06 bits per heavy atom. The largest absolute Gasteiger partial charge is 0.344 e. The summed E-state index contributed by atoms with van der Waals surface area (Å²) >= 11 is 0. The lowest BCUT2D eigenvalue weighted by Gasteiger charge is -2.11. The molecule has 2 rings (SSSR count). The molecular formula is C15H23N3. The second-order valence-electron chi connectivity index (χ2n) is 5.01. The average Bonchev–Trinajstić information content (AvgIpc) is 2.72. The number of aromatic nitrogens is 1. The first-order valence-electron chi connectivity index (χ1n) is 6.70. The van der Waals surface area contributed by atoms with Crippen molar-refractivity contribution in [2.45, 2.75) is 46.4 Å². The van der Waals surface area contributed by atoms with Crippen LogP contribution < -0.4 is 11.1 Å². The third-order valence-electron chi connectivity index (χ3n) is 3.29. The van der Waals surface area contributed by atoms with Gasteiger partial charge in [-0.1, -0.05) is 19.9 Å². The van der Waals surface area contributed by atoms with Crippen LogP contribution in [0.1, 0.15) is 32.0 Å². The minimum absolute atomic E-state index is 0.507. The molecule has 1 heterocycles. The maximum Gasteiger partial charge on any atom is 0.0483 e. The fraction of sp³-hybridized carbons (Fsp3) is 0.467. The van der Waals surface area contributed by atoms with Crippen molar-refractivity contribution in [1.82, 2.24) is 9.88 Å². The van der Waals surface area contributed by atoms with Crippen LogP contribution in [-0.4, -0.2) is 10.6 Å². The predicted octanol–water partition coefficient (Wildman–Crippen LogP) is 2.62. The monoisotopic (exact) mass is 245 g/mol. The van der Waals surface area contributed by atoms with Crippen LogP contribution in [0, 0.1) is 0 Å². The maximum atomic E-state index is 5.70. The lowest BCUT2D eigenvalue weighted by molar-refractivity contribution is 0.564. The lowest BCUT2D eigenvalue weighted by atomic mass is 10.1. The van der Waals surface area contributed by atoms with E-state index in [0.717, 1.165) is 13.1 Å². The second kappa shape index (κ2) is 5.55. The van der Waals surface area contributed by atoms with Crippen LogP contribution in [-0.2, 0) is 19.6 Å². The Balaban J connectivity index is 2.40. The van der Waals surface area contributed by atoms with Crippen molar-refractivity contribution in [3.05, 3.63) is 35.5 Å². The molecule has 2 aromatic rings.